The summed E-state index contributed by atoms with van der Waals surface area (Å²) in [6.45, 7) is 7.79. The van der Waals surface area contributed by atoms with Crippen molar-refractivity contribution >= 4 is 23.8 Å². The SMILES string of the molecule is CC(C)(C)OC(=O)CN(C(=O)CN)N(CC(=O)OC(C)(C)C)C(=O)CN. The van der Waals surface area contributed by atoms with E-state index in [9.17, 15) is 19.2 Å². The zero-order valence-corrected chi connectivity index (χ0v) is 16.3. The van der Waals surface area contributed by atoms with Gasteiger partial charge < -0.3 is 20.9 Å². The molecule has 10 nitrogen and oxygen atoms in total. The summed E-state index contributed by atoms with van der Waals surface area (Å²) in [6.07, 6.45) is 0. The van der Waals surface area contributed by atoms with Gasteiger partial charge in [-0.1, -0.05) is 0 Å². The number of carbonyl (C=O) groups excluding carboxylic acids is 4. The van der Waals surface area contributed by atoms with E-state index in [-0.39, 0.29) is 0 Å². The van der Waals surface area contributed by atoms with Crippen molar-refractivity contribution in [2.45, 2.75) is 52.7 Å². The predicted octanol–water partition coefficient (Wildman–Crippen LogP) is -0.841. The topological polar surface area (TPSA) is 145 Å². The fourth-order valence-electron chi connectivity index (χ4n) is 1.82. The maximum absolute atomic E-state index is 12.1. The Morgan fingerprint density at radius 2 is 0.962 bits per heavy atom. The van der Waals surface area contributed by atoms with E-state index in [4.69, 9.17) is 20.9 Å². The Bertz CT molecular complexity index is 488. The molecule has 0 atom stereocenters. The van der Waals surface area contributed by atoms with Crippen LogP contribution in [0.2, 0.25) is 0 Å². The number of hydrogen-bond acceptors (Lipinski definition) is 8. The second kappa shape index (κ2) is 9.48. The molecule has 0 aromatic heterocycles. The van der Waals surface area contributed by atoms with Gasteiger partial charge in [0.05, 0.1) is 13.1 Å². The average molecular weight is 374 g/mol. The maximum Gasteiger partial charge on any atom is 0.328 e. The number of esters is 2. The third-order valence-electron chi connectivity index (χ3n) is 2.61. The van der Waals surface area contributed by atoms with Gasteiger partial charge in [-0.2, -0.15) is 0 Å². The fourth-order valence-corrected chi connectivity index (χ4v) is 1.82. The van der Waals surface area contributed by atoms with Crippen LogP contribution in [0.25, 0.3) is 0 Å². The van der Waals surface area contributed by atoms with Gasteiger partial charge in [0.2, 0.25) is 0 Å². The molecule has 0 spiro atoms. The number of ether oxygens (including phenoxy) is 2. The molecule has 0 saturated heterocycles. The summed E-state index contributed by atoms with van der Waals surface area (Å²) >= 11 is 0. The van der Waals surface area contributed by atoms with Crippen molar-refractivity contribution in [2.24, 2.45) is 11.5 Å². The van der Waals surface area contributed by atoms with Crippen LogP contribution in [-0.4, -0.2) is 71.2 Å². The molecule has 0 aliphatic carbocycles. The molecule has 0 aromatic carbocycles. The number of hydrogen-bond donors (Lipinski definition) is 2. The maximum atomic E-state index is 12.1. The molecule has 0 bridgehead atoms. The Morgan fingerprint density at radius 1 is 0.692 bits per heavy atom. The number of amides is 2. The number of nitrogens with zero attached hydrogens (tertiary/aromatic N) is 2. The molecule has 0 aliphatic rings. The van der Waals surface area contributed by atoms with Crippen LogP contribution in [0.5, 0.6) is 0 Å². The van der Waals surface area contributed by atoms with E-state index in [0.717, 1.165) is 10.0 Å². The first-order chi connectivity index (χ1) is 11.7. The van der Waals surface area contributed by atoms with Crippen molar-refractivity contribution in [1.29, 1.82) is 0 Å². The Morgan fingerprint density at radius 3 is 1.15 bits per heavy atom. The highest BCUT2D eigenvalue weighted by Gasteiger charge is 2.31. The van der Waals surface area contributed by atoms with Crippen LogP contribution >= 0.6 is 0 Å². The third kappa shape index (κ3) is 9.33. The first-order valence-electron chi connectivity index (χ1n) is 8.14. The molecular weight excluding hydrogens is 344 g/mol. The van der Waals surface area contributed by atoms with Crippen LogP contribution in [0.15, 0.2) is 0 Å². The molecule has 2 amide bonds. The summed E-state index contributed by atoms with van der Waals surface area (Å²) in [4.78, 5) is 48.5. The van der Waals surface area contributed by atoms with Crippen molar-refractivity contribution in [2.75, 3.05) is 26.2 Å². The summed E-state index contributed by atoms with van der Waals surface area (Å²) in [5.41, 5.74) is 9.14. The molecule has 4 N–H and O–H groups in total. The summed E-state index contributed by atoms with van der Waals surface area (Å²) in [7, 11) is 0. The quantitative estimate of drug-likeness (QED) is 0.452. The van der Waals surface area contributed by atoms with Gasteiger partial charge in [-0.15, -0.1) is 0 Å². The zero-order valence-electron chi connectivity index (χ0n) is 16.3. The zero-order chi connectivity index (χ0) is 20.7. The van der Waals surface area contributed by atoms with Gasteiger partial charge in [-0.25, -0.2) is 10.0 Å². The lowest BCUT2D eigenvalue weighted by molar-refractivity contribution is -0.180. The average Bonchev–Trinajstić information content (AvgIpc) is 2.45. The highest BCUT2D eigenvalue weighted by atomic mass is 16.6. The van der Waals surface area contributed by atoms with Gasteiger partial charge in [0.25, 0.3) is 11.8 Å². The fraction of sp³-hybridized carbons (Fsp3) is 0.750. The van der Waals surface area contributed by atoms with Gasteiger partial charge >= 0.3 is 11.9 Å². The van der Waals surface area contributed by atoms with E-state index < -0.39 is 61.1 Å². The van der Waals surface area contributed by atoms with Crippen LogP contribution in [-0.2, 0) is 28.7 Å². The van der Waals surface area contributed by atoms with Crippen molar-refractivity contribution in [1.82, 2.24) is 10.0 Å². The van der Waals surface area contributed by atoms with Gasteiger partial charge in [-0.3, -0.25) is 19.2 Å². The molecule has 0 rings (SSSR count). The van der Waals surface area contributed by atoms with E-state index >= 15 is 0 Å². The molecule has 150 valence electrons. The molecule has 0 aliphatic heterocycles. The summed E-state index contributed by atoms with van der Waals surface area (Å²) in [5, 5.41) is 1.51. The minimum atomic E-state index is -0.789. The molecule has 0 fully saturated rings. The number of hydrazine groups is 1. The minimum absolute atomic E-state index is 0.481. The molecular formula is C16H30N4O6. The smallest absolute Gasteiger partial charge is 0.328 e. The summed E-state index contributed by atoms with van der Waals surface area (Å²) < 4.78 is 10.3. The van der Waals surface area contributed by atoms with Gasteiger partial charge in [-0.05, 0) is 41.5 Å². The Hall–Kier alpha value is -2.20. The van der Waals surface area contributed by atoms with Crippen LogP contribution in [0.1, 0.15) is 41.5 Å². The van der Waals surface area contributed by atoms with Crippen molar-refractivity contribution in [3.8, 4) is 0 Å². The highest BCUT2D eigenvalue weighted by molar-refractivity contribution is 5.89. The predicted molar refractivity (Wildman–Crippen MR) is 93.2 cm³/mol. The Labute approximate surface area is 153 Å². The highest BCUT2D eigenvalue weighted by Crippen LogP contribution is 2.11. The van der Waals surface area contributed by atoms with Crippen LogP contribution < -0.4 is 11.5 Å². The Balaban J connectivity index is 5.49. The largest absolute Gasteiger partial charge is 0.459 e. The van der Waals surface area contributed by atoms with E-state index in [2.05, 4.69) is 0 Å². The van der Waals surface area contributed by atoms with Crippen LogP contribution in [0.3, 0.4) is 0 Å². The van der Waals surface area contributed by atoms with Gasteiger partial charge in [0, 0.05) is 0 Å². The van der Waals surface area contributed by atoms with Gasteiger partial charge in [0.1, 0.15) is 24.3 Å². The second-order valence-electron chi connectivity index (χ2n) is 7.48. The van der Waals surface area contributed by atoms with E-state index in [1.54, 1.807) is 41.5 Å². The van der Waals surface area contributed by atoms with Crippen molar-refractivity contribution < 1.29 is 28.7 Å². The van der Waals surface area contributed by atoms with Crippen molar-refractivity contribution in [3.63, 3.8) is 0 Å². The van der Waals surface area contributed by atoms with E-state index in [1.807, 2.05) is 0 Å². The van der Waals surface area contributed by atoms with E-state index in [1.165, 1.54) is 0 Å². The molecule has 26 heavy (non-hydrogen) atoms. The molecule has 0 unspecified atom stereocenters. The van der Waals surface area contributed by atoms with Crippen LogP contribution in [0.4, 0.5) is 0 Å². The number of carbonyl (C=O) groups is 4. The lowest BCUT2D eigenvalue weighted by Crippen LogP contribution is -2.57. The lowest BCUT2D eigenvalue weighted by atomic mass is 10.2. The monoisotopic (exact) mass is 374 g/mol. The second-order valence-corrected chi connectivity index (χ2v) is 7.48. The number of rotatable bonds is 6. The third-order valence-corrected chi connectivity index (χ3v) is 2.61. The molecule has 0 aromatic rings. The molecule has 0 radical (unpaired) electrons. The van der Waals surface area contributed by atoms with E-state index in [0.29, 0.717) is 0 Å². The molecule has 0 heterocycles. The molecule has 10 heteroatoms. The normalized spacial score (nSPS) is 11.5. The van der Waals surface area contributed by atoms with Crippen LogP contribution in [0, 0.1) is 0 Å². The summed E-state index contributed by atoms with van der Waals surface area (Å²) in [6, 6.07) is 0. The number of nitrogens with two attached hydrogens (primary N) is 2. The lowest BCUT2D eigenvalue weighted by Gasteiger charge is -2.34. The van der Waals surface area contributed by atoms with Gasteiger partial charge in [0.15, 0.2) is 0 Å². The van der Waals surface area contributed by atoms with Crippen molar-refractivity contribution in [3.05, 3.63) is 0 Å². The first kappa shape index (κ1) is 23.8. The standard InChI is InChI=1S/C16H30N4O6/c1-15(2,3)25-13(23)9-19(11(21)7-17)20(12(22)8-18)10-14(24)26-16(4,5)6/h7-10,17-18H2,1-6H3. The first-order valence-corrected chi connectivity index (χ1v) is 8.14. The molecule has 0 saturated carbocycles. The minimum Gasteiger partial charge on any atom is -0.459 e. The Kier molecular flexibility index (Phi) is 8.68. The summed E-state index contributed by atoms with van der Waals surface area (Å²) in [5.74, 6) is -3.03.